The van der Waals surface area contributed by atoms with Gasteiger partial charge >= 0.3 is 0 Å². The highest BCUT2D eigenvalue weighted by molar-refractivity contribution is 6.30. The molecule has 0 aliphatic rings. The number of benzene rings is 2. The third-order valence-corrected chi connectivity index (χ3v) is 4.12. The molecule has 0 fully saturated rings. The van der Waals surface area contributed by atoms with Gasteiger partial charge in [-0.2, -0.15) is 4.98 Å². The summed E-state index contributed by atoms with van der Waals surface area (Å²) >= 11 is 5.85. The second kappa shape index (κ2) is 6.57. The molecule has 0 spiro atoms. The monoisotopic (exact) mass is 354 g/mol. The molecule has 0 saturated carbocycles. The molecule has 0 unspecified atom stereocenters. The van der Waals surface area contributed by atoms with Crippen LogP contribution in [0, 0.1) is 0 Å². The minimum atomic E-state index is 0.198. The van der Waals surface area contributed by atoms with Crippen molar-refractivity contribution < 1.29 is 9.26 Å². The van der Waals surface area contributed by atoms with Gasteiger partial charge in [-0.15, -0.1) is 0 Å². The first-order valence-corrected chi connectivity index (χ1v) is 8.27. The van der Waals surface area contributed by atoms with E-state index in [-0.39, 0.29) is 6.61 Å². The Morgan fingerprint density at radius 2 is 2.00 bits per heavy atom. The maximum absolute atomic E-state index is 5.85. The van der Waals surface area contributed by atoms with Crippen LogP contribution in [-0.4, -0.2) is 19.7 Å². The summed E-state index contributed by atoms with van der Waals surface area (Å²) in [6, 6.07) is 13.0. The van der Waals surface area contributed by atoms with Crippen LogP contribution in [0.2, 0.25) is 5.02 Å². The second-order valence-electron chi connectivity index (χ2n) is 5.49. The SMILES string of the molecule is CCn1cnc2ccc(-c3noc(COc4ccc(Cl)cc4)n3)cc21. The molecule has 6 nitrogen and oxygen atoms in total. The minimum Gasteiger partial charge on any atom is -0.484 e. The van der Waals surface area contributed by atoms with Gasteiger partial charge in [0.15, 0.2) is 6.61 Å². The molecule has 0 atom stereocenters. The number of fused-ring (bicyclic) bond motifs is 1. The fourth-order valence-electron chi connectivity index (χ4n) is 2.55. The number of hydrogen-bond acceptors (Lipinski definition) is 5. The molecule has 0 radical (unpaired) electrons. The van der Waals surface area contributed by atoms with E-state index in [1.54, 1.807) is 24.3 Å². The normalized spacial score (nSPS) is 11.1. The summed E-state index contributed by atoms with van der Waals surface area (Å²) in [5.41, 5.74) is 2.87. The van der Waals surface area contributed by atoms with E-state index in [0.29, 0.717) is 22.5 Å². The molecule has 2 aromatic heterocycles. The highest BCUT2D eigenvalue weighted by atomic mass is 35.5. The van der Waals surface area contributed by atoms with Crippen molar-refractivity contribution in [1.82, 2.24) is 19.7 Å². The zero-order valence-electron chi connectivity index (χ0n) is 13.5. The number of halogens is 1. The molecule has 0 bridgehead atoms. The number of nitrogens with zero attached hydrogens (tertiary/aromatic N) is 4. The van der Waals surface area contributed by atoms with Crippen LogP contribution in [0.15, 0.2) is 53.3 Å². The Labute approximate surface area is 149 Å². The molecule has 0 saturated heterocycles. The van der Waals surface area contributed by atoms with Crippen LogP contribution in [0.3, 0.4) is 0 Å². The fraction of sp³-hybridized carbons (Fsp3) is 0.167. The van der Waals surface area contributed by atoms with Gasteiger partial charge in [0.2, 0.25) is 5.82 Å². The van der Waals surface area contributed by atoms with E-state index in [4.69, 9.17) is 20.9 Å². The molecule has 4 rings (SSSR count). The van der Waals surface area contributed by atoms with E-state index < -0.39 is 0 Å². The summed E-state index contributed by atoms with van der Waals surface area (Å²) in [5, 5.41) is 4.70. The first kappa shape index (κ1) is 15.7. The first-order valence-electron chi connectivity index (χ1n) is 7.89. The summed E-state index contributed by atoms with van der Waals surface area (Å²) in [5.74, 6) is 1.63. The van der Waals surface area contributed by atoms with Crippen molar-refractivity contribution in [2.45, 2.75) is 20.1 Å². The summed E-state index contributed by atoms with van der Waals surface area (Å²) in [6.07, 6.45) is 1.83. The molecule has 0 N–H and O–H groups in total. The highest BCUT2D eigenvalue weighted by Crippen LogP contribution is 2.22. The van der Waals surface area contributed by atoms with E-state index in [9.17, 15) is 0 Å². The number of hydrogen-bond donors (Lipinski definition) is 0. The van der Waals surface area contributed by atoms with Crippen LogP contribution in [0.1, 0.15) is 12.8 Å². The van der Waals surface area contributed by atoms with Gasteiger partial charge in [0.05, 0.1) is 17.4 Å². The predicted octanol–water partition coefficient (Wildman–Crippen LogP) is 4.34. The van der Waals surface area contributed by atoms with Gasteiger partial charge in [0, 0.05) is 17.1 Å². The minimum absolute atomic E-state index is 0.198. The zero-order chi connectivity index (χ0) is 17.2. The summed E-state index contributed by atoms with van der Waals surface area (Å²) in [4.78, 5) is 8.77. The van der Waals surface area contributed by atoms with Crippen LogP contribution in [-0.2, 0) is 13.2 Å². The Morgan fingerprint density at radius 3 is 2.80 bits per heavy atom. The maximum atomic E-state index is 5.85. The Bertz CT molecular complexity index is 1010. The lowest BCUT2D eigenvalue weighted by molar-refractivity contribution is 0.243. The number of ether oxygens (including phenoxy) is 1. The summed E-state index contributed by atoms with van der Waals surface area (Å²) < 4.78 is 13.0. The van der Waals surface area contributed by atoms with Crippen LogP contribution < -0.4 is 4.74 Å². The lowest BCUT2D eigenvalue weighted by atomic mass is 10.2. The lowest BCUT2D eigenvalue weighted by Gasteiger charge is -2.02. The van der Waals surface area contributed by atoms with Crippen molar-refractivity contribution in [3.8, 4) is 17.1 Å². The van der Waals surface area contributed by atoms with Crippen molar-refractivity contribution in [1.29, 1.82) is 0 Å². The first-order chi connectivity index (χ1) is 12.2. The highest BCUT2D eigenvalue weighted by Gasteiger charge is 2.11. The second-order valence-corrected chi connectivity index (χ2v) is 5.92. The molecule has 4 aromatic rings. The van der Waals surface area contributed by atoms with Gasteiger partial charge < -0.3 is 13.8 Å². The van der Waals surface area contributed by atoms with Crippen molar-refractivity contribution in [2.24, 2.45) is 0 Å². The summed E-state index contributed by atoms with van der Waals surface area (Å²) in [7, 11) is 0. The van der Waals surface area contributed by atoms with Gasteiger partial charge in [-0.3, -0.25) is 0 Å². The van der Waals surface area contributed by atoms with E-state index >= 15 is 0 Å². The number of aryl methyl sites for hydroxylation is 1. The molecular formula is C18H15ClN4O2. The third kappa shape index (κ3) is 3.21. The smallest absolute Gasteiger partial charge is 0.264 e. The summed E-state index contributed by atoms with van der Waals surface area (Å²) in [6.45, 7) is 3.13. The molecule has 25 heavy (non-hydrogen) atoms. The van der Waals surface area contributed by atoms with Crippen LogP contribution in [0.25, 0.3) is 22.4 Å². The molecule has 7 heteroatoms. The molecule has 0 aliphatic carbocycles. The molecule has 0 amide bonds. The van der Waals surface area contributed by atoms with Gasteiger partial charge in [-0.1, -0.05) is 16.8 Å². The van der Waals surface area contributed by atoms with Crippen molar-refractivity contribution in [2.75, 3.05) is 0 Å². The van der Waals surface area contributed by atoms with Gasteiger partial charge in [0.25, 0.3) is 5.89 Å². The third-order valence-electron chi connectivity index (χ3n) is 3.86. The lowest BCUT2D eigenvalue weighted by Crippen LogP contribution is -1.95. The van der Waals surface area contributed by atoms with Gasteiger partial charge in [0.1, 0.15) is 5.75 Å². The van der Waals surface area contributed by atoms with E-state index in [2.05, 4.69) is 26.6 Å². The largest absolute Gasteiger partial charge is 0.484 e. The average molecular weight is 355 g/mol. The van der Waals surface area contributed by atoms with Crippen molar-refractivity contribution in [3.63, 3.8) is 0 Å². The molecular weight excluding hydrogens is 340 g/mol. The maximum Gasteiger partial charge on any atom is 0.264 e. The Balaban J connectivity index is 1.53. The molecule has 126 valence electrons. The number of aromatic nitrogens is 4. The molecule has 2 heterocycles. The van der Waals surface area contributed by atoms with Gasteiger partial charge in [-0.05, 0) is 49.4 Å². The van der Waals surface area contributed by atoms with E-state index in [0.717, 1.165) is 23.1 Å². The molecule has 2 aromatic carbocycles. The molecule has 0 aliphatic heterocycles. The topological polar surface area (TPSA) is 66.0 Å². The van der Waals surface area contributed by atoms with Gasteiger partial charge in [-0.25, -0.2) is 4.98 Å². The number of rotatable bonds is 5. The van der Waals surface area contributed by atoms with Crippen LogP contribution >= 0.6 is 11.6 Å². The van der Waals surface area contributed by atoms with Crippen molar-refractivity contribution >= 4 is 22.6 Å². The fourth-order valence-corrected chi connectivity index (χ4v) is 2.68. The Hall–Kier alpha value is -2.86. The predicted molar refractivity (Wildman–Crippen MR) is 94.5 cm³/mol. The van der Waals surface area contributed by atoms with Crippen LogP contribution in [0.5, 0.6) is 5.75 Å². The average Bonchev–Trinajstić information content (AvgIpc) is 3.27. The van der Waals surface area contributed by atoms with Crippen molar-refractivity contribution in [3.05, 3.63) is 59.7 Å². The Kier molecular flexibility index (Phi) is 4.11. The Morgan fingerprint density at radius 1 is 1.16 bits per heavy atom. The standard InChI is InChI=1S/C18H15ClN4O2/c1-2-23-11-20-15-8-3-12(9-16(15)23)18-21-17(25-22-18)10-24-14-6-4-13(19)5-7-14/h3-9,11H,2,10H2,1H3. The zero-order valence-corrected chi connectivity index (χ0v) is 14.3. The van der Waals surface area contributed by atoms with E-state index in [1.807, 2.05) is 24.5 Å². The van der Waals surface area contributed by atoms with Crippen LogP contribution in [0.4, 0.5) is 0 Å². The number of imidazole rings is 1. The van der Waals surface area contributed by atoms with E-state index in [1.165, 1.54) is 0 Å². The quantitative estimate of drug-likeness (QED) is 0.533.